The van der Waals surface area contributed by atoms with E-state index in [1.165, 1.54) is 42.1 Å². The fourth-order valence-corrected chi connectivity index (χ4v) is 5.01. The first-order chi connectivity index (χ1) is 17.0. The second kappa shape index (κ2) is 11.8. The third-order valence-corrected chi connectivity index (χ3v) is 7.06. The Morgan fingerprint density at radius 1 is 1.17 bits per heavy atom. The number of unbranched alkanes of at least 4 members (excludes halogenated alkanes) is 4. The van der Waals surface area contributed by atoms with Gasteiger partial charge in [0.05, 0.1) is 5.57 Å². The number of thioether (sulfide) groups is 1. The molecule has 1 amide bonds. The van der Waals surface area contributed by atoms with Crippen LogP contribution in [0, 0.1) is 11.2 Å². The summed E-state index contributed by atoms with van der Waals surface area (Å²) in [6.45, 7) is 2.22. The molecule has 0 radical (unpaired) electrons. The predicted molar refractivity (Wildman–Crippen MR) is 143 cm³/mol. The average molecular weight is 557 g/mol. The van der Waals surface area contributed by atoms with Crippen molar-refractivity contribution in [1.82, 2.24) is 5.01 Å². The van der Waals surface area contributed by atoms with Crippen molar-refractivity contribution in [3.05, 3.63) is 69.5 Å². The summed E-state index contributed by atoms with van der Waals surface area (Å²) in [6.07, 6.45) is 8.18. The molecule has 6 nitrogen and oxygen atoms in total. The van der Waals surface area contributed by atoms with Crippen LogP contribution in [0.4, 0.5) is 4.39 Å². The monoisotopic (exact) mass is 556 g/mol. The highest BCUT2D eigenvalue weighted by atomic mass is 79.9. The van der Waals surface area contributed by atoms with Crippen molar-refractivity contribution in [2.24, 2.45) is 10.1 Å². The lowest BCUT2D eigenvalue weighted by Gasteiger charge is -2.20. The van der Waals surface area contributed by atoms with Gasteiger partial charge in [0.1, 0.15) is 23.2 Å². The van der Waals surface area contributed by atoms with Crippen molar-refractivity contribution in [2.75, 3.05) is 0 Å². The molecule has 2 aliphatic rings. The van der Waals surface area contributed by atoms with Crippen LogP contribution in [0.2, 0.25) is 0 Å². The first-order valence-electron chi connectivity index (χ1n) is 11.6. The number of benzene rings is 2. The maximum absolute atomic E-state index is 14.0. The van der Waals surface area contributed by atoms with Crippen LogP contribution >= 0.6 is 27.7 Å². The first kappa shape index (κ1) is 25.3. The molecule has 0 bridgehead atoms. The minimum Gasteiger partial charge on any atom is -0.488 e. The lowest BCUT2D eigenvalue weighted by atomic mass is 10.1. The molecule has 0 aliphatic carbocycles. The van der Waals surface area contributed by atoms with Crippen LogP contribution in [0.3, 0.4) is 0 Å². The SMILES string of the molecule is CCCCCCCC1=NN2C(=N)/C(=C/c3cc(Br)ccc3OCc3ccccc3F)C(=O)N=C2S1. The summed E-state index contributed by atoms with van der Waals surface area (Å²) in [7, 11) is 0. The summed E-state index contributed by atoms with van der Waals surface area (Å²) < 4.78 is 20.7. The molecule has 0 saturated heterocycles. The minimum atomic E-state index is -0.492. The van der Waals surface area contributed by atoms with Crippen LogP contribution in [-0.2, 0) is 11.4 Å². The summed E-state index contributed by atoms with van der Waals surface area (Å²) in [6, 6.07) is 11.7. The fraction of sp³-hybridized carbons (Fsp3) is 0.308. The van der Waals surface area contributed by atoms with E-state index < -0.39 is 5.91 Å². The Bertz CT molecular complexity index is 1230. The first-order valence-corrected chi connectivity index (χ1v) is 13.2. The fourth-order valence-electron chi connectivity index (χ4n) is 3.70. The van der Waals surface area contributed by atoms with Crippen LogP contribution in [0.25, 0.3) is 6.08 Å². The summed E-state index contributed by atoms with van der Waals surface area (Å²) in [5.41, 5.74) is 1.13. The van der Waals surface area contributed by atoms with E-state index in [1.807, 2.05) is 0 Å². The second-order valence-corrected chi connectivity index (χ2v) is 10.2. The van der Waals surface area contributed by atoms with E-state index in [0.29, 0.717) is 22.0 Å². The number of halogens is 2. The molecule has 2 heterocycles. The van der Waals surface area contributed by atoms with Crippen LogP contribution in [-0.4, -0.2) is 27.0 Å². The number of carbonyl (C=O) groups excluding carboxylic acids is 1. The topological polar surface area (TPSA) is 78.1 Å². The number of rotatable bonds is 10. The summed E-state index contributed by atoms with van der Waals surface area (Å²) in [4.78, 5) is 17.0. The minimum absolute atomic E-state index is 0.0199. The maximum atomic E-state index is 14.0. The number of carbonyl (C=O) groups is 1. The molecule has 0 saturated carbocycles. The molecule has 0 spiro atoms. The van der Waals surface area contributed by atoms with Crippen molar-refractivity contribution < 1.29 is 13.9 Å². The van der Waals surface area contributed by atoms with Crippen molar-refractivity contribution in [3.8, 4) is 5.75 Å². The molecule has 0 aromatic heterocycles. The third kappa shape index (κ3) is 6.27. The highest BCUT2D eigenvalue weighted by Gasteiger charge is 2.35. The van der Waals surface area contributed by atoms with Gasteiger partial charge in [0.2, 0.25) is 5.17 Å². The van der Waals surface area contributed by atoms with Gasteiger partial charge in [-0.15, -0.1) is 0 Å². The Labute approximate surface area is 217 Å². The number of hydrogen-bond donors (Lipinski definition) is 1. The van der Waals surface area contributed by atoms with Gasteiger partial charge in [0.15, 0.2) is 5.84 Å². The quantitative estimate of drug-likeness (QED) is 0.249. The summed E-state index contributed by atoms with van der Waals surface area (Å²) >= 11 is 4.80. The van der Waals surface area contributed by atoms with Gasteiger partial charge in [0.25, 0.3) is 5.91 Å². The number of fused-ring (bicyclic) bond motifs is 1. The molecule has 2 aromatic carbocycles. The van der Waals surface area contributed by atoms with Crippen LogP contribution in [0.5, 0.6) is 5.75 Å². The van der Waals surface area contributed by atoms with Gasteiger partial charge in [-0.3, -0.25) is 10.2 Å². The average Bonchev–Trinajstić information content (AvgIpc) is 3.25. The predicted octanol–water partition coefficient (Wildman–Crippen LogP) is 7.15. The van der Waals surface area contributed by atoms with Crippen LogP contribution < -0.4 is 4.74 Å². The van der Waals surface area contributed by atoms with Gasteiger partial charge in [0, 0.05) is 15.6 Å². The van der Waals surface area contributed by atoms with Crippen molar-refractivity contribution in [3.63, 3.8) is 0 Å². The molecule has 182 valence electrons. The summed E-state index contributed by atoms with van der Waals surface area (Å²) in [5, 5.41) is 15.9. The molecule has 9 heteroatoms. The Morgan fingerprint density at radius 3 is 2.77 bits per heavy atom. The van der Waals surface area contributed by atoms with E-state index in [0.717, 1.165) is 28.8 Å². The van der Waals surface area contributed by atoms with Gasteiger partial charge in [-0.05, 0) is 54.9 Å². The normalized spacial score (nSPS) is 16.4. The van der Waals surface area contributed by atoms with Crippen molar-refractivity contribution in [1.29, 1.82) is 5.41 Å². The lowest BCUT2D eigenvalue weighted by molar-refractivity contribution is -0.114. The molecule has 0 unspecified atom stereocenters. The zero-order valence-electron chi connectivity index (χ0n) is 19.4. The van der Waals surface area contributed by atoms with Gasteiger partial charge in [-0.1, -0.05) is 66.7 Å². The number of hydrazone groups is 1. The van der Waals surface area contributed by atoms with E-state index in [-0.39, 0.29) is 23.8 Å². The lowest BCUT2D eigenvalue weighted by Crippen LogP contribution is -2.35. The molecule has 1 N–H and O–H groups in total. The number of amides is 1. The molecule has 2 aromatic rings. The van der Waals surface area contributed by atoms with Gasteiger partial charge >= 0.3 is 0 Å². The van der Waals surface area contributed by atoms with E-state index in [1.54, 1.807) is 42.5 Å². The zero-order valence-corrected chi connectivity index (χ0v) is 21.8. The van der Waals surface area contributed by atoms with E-state index in [9.17, 15) is 9.18 Å². The number of amidine groups is 2. The highest BCUT2D eigenvalue weighted by molar-refractivity contribution is 9.10. The van der Waals surface area contributed by atoms with E-state index in [4.69, 9.17) is 10.1 Å². The number of ether oxygens (including phenoxy) is 1. The number of nitrogens with zero attached hydrogens (tertiary/aromatic N) is 3. The molecule has 0 atom stereocenters. The maximum Gasteiger partial charge on any atom is 0.283 e. The number of hydrogen-bond acceptors (Lipinski definition) is 5. The number of nitrogens with one attached hydrogen (secondary N) is 1. The Hall–Kier alpha value is -2.78. The van der Waals surface area contributed by atoms with Crippen LogP contribution in [0.15, 0.2) is 62.6 Å². The molecular formula is C26H26BrFN4O2S. The van der Waals surface area contributed by atoms with Crippen LogP contribution in [0.1, 0.15) is 56.6 Å². The Kier molecular flexibility index (Phi) is 8.51. The largest absolute Gasteiger partial charge is 0.488 e. The van der Waals surface area contributed by atoms with E-state index >= 15 is 0 Å². The van der Waals surface area contributed by atoms with Gasteiger partial charge in [-0.2, -0.15) is 15.1 Å². The second-order valence-electron chi connectivity index (χ2n) is 8.24. The molecule has 0 fully saturated rings. The van der Waals surface area contributed by atoms with E-state index in [2.05, 4.69) is 32.9 Å². The Morgan fingerprint density at radius 2 is 1.97 bits per heavy atom. The standard InChI is InChI=1S/C26H26BrFN4O2S/c1-2-3-4-5-6-11-23-31-32-24(29)20(25(33)30-26(32)35-23)15-18-14-19(27)12-13-22(18)34-16-17-9-7-8-10-21(17)28/h7-10,12-15,29H,2-6,11,16H2,1H3/b20-15-,29-24?. The molecule has 4 rings (SSSR count). The zero-order chi connectivity index (χ0) is 24.8. The van der Waals surface area contributed by atoms with Crippen molar-refractivity contribution in [2.45, 2.75) is 52.1 Å². The van der Waals surface area contributed by atoms with Gasteiger partial charge in [-0.25, -0.2) is 4.39 Å². The third-order valence-electron chi connectivity index (χ3n) is 5.60. The smallest absolute Gasteiger partial charge is 0.283 e. The molecule has 35 heavy (non-hydrogen) atoms. The highest BCUT2D eigenvalue weighted by Crippen LogP contribution is 2.32. The number of aliphatic imine (C=N–C) groups is 1. The molecule has 2 aliphatic heterocycles. The van der Waals surface area contributed by atoms with Gasteiger partial charge < -0.3 is 4.74 Å². The Balaban J connectivity index is 1.52. The summed E-state index contributed by atoms with van der Waals surface area (Å²) in [5.74, 6) is -0.394. The molecular weight excluding hydrogens is 531 g/mol. The van der Waals surface area contributed by atoms with Crippen molar-refractivity contribution >= 4 is 55.7 Å².